The summed E-state index contributed by atoms with van der Waals surface area (Å²) in [5, 5.41) is 3.56. The van der Waals surface area contributed by atoms with E-state index in [1.54, 1.807) is 0 Å². The maximum atomic E-state index is 3.56. The zero-order valence-corrected chi connectivity index (χ0v) is 11.0. The minimum atomic E-state index is 0.437. The third-order valence-electron chi connectivity index (χ3n) is 3.14. The molecule has 0 aliphatic rings. The summed E-state index contributed by atoms with van der Waals surface area (Å²) in [6.45, 7) is 9.84. The zero-order chi connectivity index (χ0) is 12.0. The van der Waals surface area contributed by atoms with Gasteiger partial charge in [0.15, 0.2) is 0 Å². The Morgan fingerprint density at radius 2 is 2.00 bits per heavy atom. The second-order valence-corrected chi connectivity index (χ2v) is 4.43. The van der Waals surface area contributed by atoms with Crippen LogP contribution < -0.4 is 5.32 Å². The second-order valence-electron chi connectivity index (χ2n) is 4.43. The molecule has 0 saturated carbocycles. The summed E-state index contributed by atoms with van der Waals surface area (Å²) in [4.78, 5) is 2.32. The predicted molar refractivity (Wildman–Crippen MR) is 70.8 cm³/mol. The van der Waals surface area contributed by atoms with E-state index in [1.807, 2.05) is 0 Å². The first kappa shape index (κ1) is 13.2. The van der Waals surface area contributed by atoms with E-state index in [9.17, 15) is 0 Å². The van der Waals surface area contributed by atoms with E-state index in [2.05, 4.69) is 62.3 Å². The Kier molecular flexibility index (Phi) is 5.50. The third-order valence-corrected chi connectivity index (χ3v) is 3.14. The van der Waals surface area contributed by atoms with Crippen LogP contribution in [0.15, 0.2) is 24.3 Å². The van der Waals surface area contributed by atoms with E-state index in [4.69, 9.17) is 0 Å². The van der Waals surface area contributed by atoms with Crippen molar-refractivity contribution in [2.45, 2.75) is 26.8 Å². The second kappa shape index (κ2) is 6.66. The van der Waals surface area contributed by atoms with Crippen LogP contribution in [0.1, 0.15) is 31.0 Å². The summed E-state index contributed by atoms with van der Waals surface area (Å²) in [6.07, 6.45) is 0. The maximum absolute atomic E-state index is 3.56. The summed E-state index contributed by atoms with van der Waals surface area (Å²) in [6, 6.07) is 9.02. The summed E-state index contributed by atoms with van der Waals surface area (Å²) in [5.74, 6) is 0. The Morgan fingerprint density at radius 1 is 1.31 bits per heavy atom. The molecule has 2 nitrogen and oxygen atoms in total. The molecule has 1 unspecified atom stereocenters. The number of likely N-dealkylation sites (N-methyl/N-ethyl adjacent to an activating group) is 1. The van der Waals surface area contributed by atoms with Gasteiger partial charge < -0.3 is 10.2 Å². The lowest BCUT2D eigenvalue weighted by atomic mass is 10.0. The molecule has 0 amide bonds. The van der Waals surface area contributed by atoms with Crippen LogP contribution in [0.2, 0.25) is 0 Å². The molecule has 0 fully saturated rings. The minimum absolute atomic E-state index is 0.437. The average molecular weight is 220 g/mol. The molecule has 0 aliphatic carbocycles. The van der Waals surface area contributed by atoms with Gasteiger partial charge in [-0.3, -0.25) is 0 Å². The van der Waals surface area contributed by atoms with Gasteiger partial charge in [0, 0.05) is 19.1 Å². The fourth-order valence-electron chi connectivity index (χ4n) is 1.81. The summed E-state index contributed by atoms with van der Waals surface area (Å²) < 4.78 is 0. The van der Waals surface area contributed by atoms with Crippen LogP contribution >= 0.6 is 0 Å². The van der Waals surface area contributed by atoms with E-state index in [0.29, 0.717) is 6.04 Å². The van der Waals surface area contributed by atoms with Crippen molar-refractivity contribution in [3.8, 4) is 0 Å². The van der Waals surface area contributed by atoms with Gasteiger partial charge in [-0.05, 0) is 38.6 Å². The van der Waals surface area contributed by atoms with E-state index < -0.39 is 0 Å². The molecule has 0 aromatic heterocycles. The fourth-order valence-corrected chi connectivity index (χ4v) is 1.81. The molecule has 0 aliphatic heterocycles. The van der Waals surface area contributed by atoms with Gasteiger partial charge >= 0.3 is 0 Å². The summed E-state index contributed by atoms with van der Waals surface area (Å²) in [7, 11) is 2.15. The van der Waals surface area contributed by atoms with Gasteiger partial charge in [0.2, 0.25) is 0 Å². The van der Waals surface area contributed by atoms with Crippen LogP contribution in [0.3, 0.4) is 0 Å². The SMILES string of the molecule is CCN(C)CCNC(C)c1ccccc1C. The Balaban J connectivity index is 2.41. The minimum Gasteiger partial charge on any atom is -0.309 e. The largest absolute Gasteiger partial charge is 0.309 e. The summed E-state index contributed by atoms with van der Waals surface area (Å²) in [5.41, 5.74) is 2.77. The van der Waals surface area contributed by atoms with Crippen molar-refractivity contribution in [2.75, 3.05) is 26.7 Å². The van der Waals surface area contributed by atoms with Crippen LogP contribution in [-0.2, 0) is 0 Å². The zero-order valence-electron chi connectivity index (χ0n) is 11.0. The first-order chi connectivity index (χ1) is 7.65. The van der Waals surface area contributed by atoms with Crippen LogP contribution in [0.25, 0.3) is 0 Å². The van der Waals surface area contributed by atoms with Crippen molar-refractivity contribution in [3.63, 3.8) is 0 Å². The molecule has 0 spiro atoms. The number of hydrogen-bond donors (Lipinski definition) is 1. The predicted octanol–water partition coefficient (Wildman–Crippen LogP) is 2.60. The molecule has 0 radical (unpaired) electrons. The molecule has 0 bridgehead atoms. The van der Waals surface area contributed by atoms with Crippen molar-refractivity contribution < 1.29 is 0 Å². The molecule has 1 rings (SSSR count). The van der Waals surface area contributed by atoms with E-state index in [1.165, 1.54) is 11.1 Å². The molecule has 1 aromatic rings. The Labute approximate surface area is 99.7 Å². The highest BCUT2D eigenvalue weighted by Crippen LogP contribution is 2.15. The highest BCUT2D eigenvalue weighted by Gasteiger charge is 2.06. The normalized spacial score (nSPS) is 13.1. The topological polar surface area (TPSA) is 15.3 Å². The number of hydrogen-bond acceptors (Lipinski definition) is 2. The molecular weight excluding hydrogens is 196 g/mol. The molecule has 1 atom stereocenters. The average Bonchev–Trinajstić information content (AvgIpc) is 2.29. The number of nitrogens with zero attached hydrogens (tertiary/aromatic N) is 1. The molecule has 90 valence electrons. The van der Waals surface area contributed by atoms with E-state index in [0.717, 1.165) is 19.6 Å². The number of benzene rings is 1. The van der Waals surface area contributed by atoms with Gasteiger partial charge in [0.25, 0.3) is 0 Å². The fraction of sp³-hybridized carbons (Fsp3) is 0.571. The molecule has 0 heterocycles. The van der Waals surface area contributed by atoms with Crippen LogP contribution in [-0.4, -0.2) is 31.6 Å². The smallest absolute Gasteiger partial charge is 0.0294 e. The standard InChI is InChI=1S/C14H24N2/c1-5-16(4)11-10-15-13(3)14-9-7-6-8-12(14)2/h6-9,13,15H,5,10-11H2,1-4H3. The maximum Gasteiger partial charge on any atom is 0.0294 e. The van der Waals surface area contributed by atoms with Crippen molar-refractivity contribution in [1.29, 1.82) is 0 Å². The molecule has 2 heteroatoms. The van der Waals surface area contributed by atoms with Gasteiger partial charge in [-0.15, -0.1) is 0 Å². The highest BCUT2D eigenvalue weighted by molar-refractivity contribution is 5.28. The Hall–Kier alpha value is -0.860. The van der Waals surface area contributed by atoms with Gasteiger partial charge in [-0.2, -0.15) is 0 Å². The highest BCUT2D eigenvalue weighted by atomic mass is 15.1. The molecular formula is C14H24N2. The third kappa shape index (κ3) is 3.95. The van der Waals surface area contributed by atoms with Crippen LogP contribution in [0.4, 0.5) is 0 Å². The molecule has 1 N–H and O–H groups in total. The Morgan fingerprint density at radius 3 is 2.62 bits per heavy atom. The number of nitrogens with one attached hydrogen (secondary N) is 1. The first-order valence-corrected chi connectivity index (χ1v) is 6.12. The van der Waals surface area contributed by atoms with Gasteiger partial charge in [0.1, 0.15) is 0 Å². The van der Waals surface area contributed by atoms with E-state index in [-0.39, 0.29) is 0 Å². The van der Waals surface area contributed by atoms with Gasteiger partial charge in [0.05, 0.1) is 0 Å². The molecule has 0 saturated heterocycles. The number of rotatable bonds is 6. The summed E-state index contributed by atoms with van der Waals surface area (Å²) >= 11 is 0. The van der Waals surface area contributed by atoms with Gasteiger partial charge in [-0.1, -0.05) is 31.2 Å². The van der Waals surface area contributed by atoms with Crippen molar-refractivity contribution >= 4 is 0 Å². The lowest BCUT2D eigenvalue weighted by Gasteiger charge is -2.19. The molecule has 16 heavy (non-hydrogen) atoms. The van der Waals surface area contributed by atoms with Crippen LogP contribution in [0.5, 0.6) is 0 Å². The first-order valence-electron chi connectivity index (χ1n) is 6.12. The van der Waals surface area contributed by atoms with Crippen molar-refractivity contribution in [3.05, 3.63) is 35.4 Å². The quantitative estimate of drug-likeness (QED) is 0.792. The van der Waals surface area contributed by atoms with Crippen LogP contribution in [0, 0.1) is 6.92 Å². The van der Waals surface area contributed by atoms with E-state index >= 15 is 0 Å². The lowest BCUT2D eigenvalue weighted by molar-refractivity contribution is 0.342. The van der Waals surface area contributed by atoms with Crippen molar-refractivity contribution in [1.82, 2.24) is 10.2 Å². The monoisotopic (exact) mass is 220 g/mol. The number of aryl methyl sites for hydroxylation is 1. The van der Waals surface area contributed by atoms with Gasteiger partial charge in [-0.25, -0.2) is 0 Å². The van der Waals surface area contributed by atoms with Crippen molar-refractivity contribution in [2.24, 2.45) is 0 Å². The lowest BCUT2D eigenvalue weighted by Crippen LogP contribution is -2.30. The molecule has 1 aromatic carbocycles. The Bertz CT molecular complexity index is 309.